The molecule has 0 spiro atoms. The normalized spacial score (nSPS) is 11.5. The second-order valence-electron chi connectivity index (χ2n) is 4.51. The Kier molecular flexibility index (Phi) is 6.52. The van der Waals surface area contributed by atoms with E-state index < -0.39 is 0 Å². The minimum absolute atomic E-state index is 0.177. The Balaban J connectivity index is 4.26. The van der Waals surface area contributed by atoms with Crippen LogP contribution < -0.4 is 5.73 Å². The molecule has 0 bridgehead atoms. The predicted octanol–water partition coefficient (Wildman–Crippen LogP) is 0.522. The summed E-state index contributed by atoms with van der Waals surface area (Å²) in [4.78, 5) is 15.8. The Labute approximate surface area is 93.4 Å². The molecule has 0 saturated heterocycles. The first kappa shape index (κ1) is 14.4. The van der Waals surface area contributed by atoms with E-state index in [1.165, 1.54) is 0 Å². The number of rotatable bonds is 6. The highest BCUT2D eigenvalue weighted by Gasteiger charge is 2.20. The predicted molar refractivity (Wildman–Crippen MR) is 63.7 cm³/mol. The summed E-state index contributed by atoms with van der Waals surface area (Å²) in [5, 5.41) is 0. The molecule has 90 valence electrons. The van der Waals surface area contributed by atoms with Gasteiger partial charge < -0.3 is 10.6 Å². The number of hydrogen-bond donors (Lipinski definition) is 1. The van der Waals surface area contributed by atoms with Crippen LogP contribution in [-0.4, -0.2) is 54.5 Å². The van der Waals surface area contributed by atoms with E-state index in [1.54, 1.807) is 0 Å². The van der Waals surface area contributed by atoms with Crippen LogP contribution in [0.1, 0.15) is 27.7 Å². The maximum atomic E-state index is 12.0. The second kappa shape index (κ2) is 6.80. The Morgan fingerprint density at radius 3 is 2.00 bits per heavy atom. The first-order valence-corrected chi connectivity index (χ1v) is 5.60. The highest BCUT2D eigenvalue weighted by molar-refractivity contribution is 5.78. The fraction of sp³-hybridized carbons (Fsp3) is 0.909. The fourth-order valence-corrected chi connectivity index (χ4v) is 1.78. The van der Waals surface area contributed by atoms with E-state index in [2.05, 4.69) is 0 Å². The first-order chi connectivity index (χ1) is 6.90. The second-order valence-corrected chi connectivity index (χ2v) is 4.51. The maximum absolute atomic E-state index is 12.0. The zero-order valence-corrected chi connectivity index (χ0v) is 10.7. The lowest BCUT2D eigenvalue weighted by Crippen LogP contribution is -2.47. The molecule has 0 atom stereocenters. The zero-order valence-electron chi connectivity index (χ0n) is 10.7. The van der Waals surface area contributed by atoms with E-state index >= 15 is 0 Å². The molecule has 2 N–H and O–H groups in total. The maximum Gasteiger partial charge on any atom is 0.237 e. The highest BCUT2D eigenvalue weighted by atomic mass is 16.2. The molecule has 0 aliphatic rings. The molecule has 0 aromatic heterocycles. The van der Waals surface area contributed by atoms with Gasteiger partial charge in [0.15, 0.2) is 0 Å². The summed E-state index contributed by atoms with van der Waals surface area (Å²) in [5.74, 6) is 0.177. The summed E-state index contributed by atoms with van der Waals surface area (Å²) in [5.41, 5.74) is 5.43. The van der Waals surface area contributed by atoms with Crippen LogP contribution in [0, 0.1) is 0 Å². The largest absolute Gasteiger partial charge is 0.337 e. The van der Waals surface area contributed by atoms with Crippen molar-refractivity contribution in [3.63, 3.8) is 0 Å². The van der Waals surface area contributed by atoms with Gasteiger partial charge in [0, 0.05) is 25.2 Å². The van der Waals surface area contributed by atoms with Crippen LogP contribution in [-0.2, 0) is 4.79 Å². The molecule has 0 aromatic carbocycles. The average Bonchev–Trinajstić information content (AvgIpc) is 2.01. The van der Waals surface area contributed by atoms with Gasteiger partial charge in [-0.2, -0.15) is 0 Å². The molecule has 0 heterocycles. The number of carbonyl (C=O) groups is 1. The van der Waals surface area contributed by atoms with Crippen molar-refractivity contribution in [1.82, 2.24) is 9.80 Å². The fourth-order valence-electron chi connectivity index (χ4n) is 1.78. The third kappa shape index (κ3) is 5.14. The van der Waals surface area contributed by atoms with Crippen molar-refractivity contribution in [2.45, 2.75) is 39.8 Å². The molecular weight excluding hydrogens is 190 g/mol. The van der Waals surface area contributed by atoms with Crippen LogP contribution >= 0.6 is 0 Å². The molecule has 4 nitrogen and oxygen atoms in total. The van der Waals surface area contributed by atoms with Gasteiger partial charge in [-0.05, 0) is 34.7 Å². The summed E-state index contributed by atoms with van der Waals surface area (Å²) < 4.78 is 0. The standard InChI is InChI=1S/C11H25N3O/c1-9(2)14(10(3)4)11(15)8-13(5)7-6-12/h9-10H,6-8,12H2,1-5H3. The Hall–Kier alpha value is -0.610. The summed E-state index contributed by atoms with van der Waals surface area (Å²) in [7, 11) is 1.92. The lowest BCUT2D eigenvalue weighted by molar-refractivity contribution is -0.135. The van der Waals surface area contributed by atoms with E-state index in [1.807, 2.05) is 44.5 Å². The molecular formula is C11H25N3O. The number of nitrogens with zero attached hydrogens (tertiary/aromatic N) is 2. The van der Waals surface area contributed by atoms with Crippen molar-refractivity contribution in [2.75, 3.05) is 26.7 Å². The van der Waals surface area contributed by atoms with E-state index in [0.29, 0.717) is 13.1 Å². The van der Waals surface area contributed by atoms with Crippen molar-refractivity contribution in [3.05, 3.63) is 0 Å². The van der Waals surface area contributed by atoms with Crippen LogP contribution in [0.4, 0.5) is 0 Å². The monoisotopic (exact) mass is 215 g/mol. The third-order valence-electron chi connectivity index (χ3n) is 2.32. The molecule has 0 fully saturated rings. The van der Waals surface area contributed by atoms with Crippen molar-refractivity contribution in [3.8, 4) is 0 Å². The highest BCUT2D eigenvalue weighted by Crippen LogP contribution is 2.05. The Bertz CT molecular complexity index is 184. The summed E-state index contributed by atoms with van der Waals surface area (Å²) >= 11 is 0. The minimum atomic E-state index is 0.177. The van der Waals surface area contributed by atoms with E-state index in [9.17, 15) is 4.79 Å². The van der Waals surface area contributed by atoms with Gasteiger partial charge in [0.25, 0.3) is 0 Å². The van der Waals surface area contributed by atoms with Crippen LogP contribution in [0.15, 0.2) is 0 Å². The number of amides is 1. The van der Waals surface area contributed by atoms with Gasteiger partial charge in [-0.15, -0.1) is 0 Å². The number of nitrogens with two attached hydrogens (primary N) is 1. The van der Waals surface area contributed by atoms with Crippen molar-refractivity contribution in [2.24, 2.45) is 5.73 Å². The third-order valence-corrected chi connectivity index (χ3v) is 2.32. The Morgan fingerprint density at radius 2 is 1.67 bits per heavy atom. The molecule has 0 rings (SSSR count). The molecule has 4 heteroatoms. The van der Waals surface area contributed by atoms with Gasteiger partial charge in [0.05, 0.1) is 6.54 Å². The quantitative estimate of drug-likeness (QED) is 0.703. The average molecular weight is 215 g/mol. The SMILES string of the molecule is CC(C)N(C(=O)CN(C)CCN)C(C)C. The Morgan fingerprint density at radius 1 is 1.20 bits per heavy atom. The number of carbonyl (C=O) groups excluding carboxylic acids is 1. The number of hydrogen-bond acceptors (Lipinski definition) is 3. The van der Waals surface area contributed by atoms with Crippen LogP contribution in [0.3, 0.4) is 0 Å². The molecule has 0 radical (unpaired) electrons. The van der Waals surface area contributed by atoms with Crippen LogP contribution in [0.2, 0.25) is 0 Å². The number of likely N-dealkylation sites (N-methyl/N-ethyl adjacent to an activating group) is 1. The molecule has 0 aliphatic heterocycles. The molecule has 0 aliphatic carbocycles. The van der Waals surface area contributed by atoms with Gasteiger partial charge in [-0.3, -0.25) is 9.69 Å². The molecule has 15 heavy (non-hydrogen) atoms. The summed E-state index contributed by atoms with van der Waals surface area (Å²) in [6.07, 6.45) is 0. The lowest BCUT2D eigenvalue weighted by Gasteiger charge is -2.32. The summed E-state index contributed by atoms with van der Waals surface area (Å²) in [6, 6.07) is 0.507. The van der Waals surface area contributed by atoms with Crippen LogP contribution in [0.5, 0.6) is 0 Å². The molecule has 1 amide bonds. The van der Waals surface area contributed by atoms with Crippen molar-refractivity contribution in [1.29, 1.82) is 0 Å². The van der Waals surface area contributed by atoms with Gasteiger partial charge in [0.2, 0.25) is 5.91 Å². The van der Waals surface area contributed by atoms with E-state index in [-0.39, 0.29) is 18.0 Å². The van der Waals surface area contributed by atoms with Crippen molar-refractivity contribution >= 4 is 5.91 Å². The van der Waals surface area contributed by atoms with Gasteiger partial charge in [-0.1, -0.05) is 0 Å². The van der Waals surface area contributed by atoms with E-state index in [0.717, 1.165) is 6.54 Å². The smallest absolute Gasteiger partial charge is 0.237 e. The van der Waals surface area contributed by atoms with E-state index in [4.69, 9.17) is 5.73 Å². The van der Waals surface area contributed by atoms with Gasteiger partial charge in [-0.25, -0.2) is 0 Å². The minimum Gasteiger partial charge on any atom is -0.337 e. The lowest BCUT2D eigenvalue weighted by atomic mass is 10.2. The molecule has 0 aromatic rings. The topological polar surface area (TPSA) is 49.6 Å². The van der Waals surface area contributed by atoms with Crippen molar-refractivity contribution < 1.29 is 4.79 Å². The molecule has 0 saturated carbocycles. The molecule has 0 unspecified atom stereocenters. The van der Waals surface area contributed by atoms with Gasteiger partial charge in [0.1, 0.15) is 0 Å². The first-order valence-electron chi connectivity index (χ1n) is 5.60. The zero-order chi connectivity index (χ0) is 12.0. The summed E-state index contributed by atoms with van der Waals surface area (Å²) in [6.45, 7) is 9.97. The van der Waals surface area contributed by atoms with Gasteiger partial charge >= 0.3 is 0 Å². The van der Waals surface area contributed by atoms with Crippen LogP contribution in [0.25, 0.3) is 0 Å².